The third-order valence-corrected chi connectivity index (χ3v) is 5.08. The van der Waals surface area contributed by atoms with Gasteiger partial charge in [-0.25, -0.2) is 8.78 Å². The van der Waals surface area contributed by atoms with Crippen LogP contribution in [-0.4, -0.2) is 41.2 Å². The number of hydrogen-bond acceptors (Lipinski definition) is 5. The van der Waals surface area contributed by atoms with E-state index in [4.69, 9.17) is 4.74 Å². The van der Waals surface area contributed by atoms with Crippen molar-refractivity contribution >= 4 is 45.3 Å². The van der Waals surface area contributed by atoms with Crippen LogP contribution in [0.1, 0.15) is 40.5 Å². The van der Waals surface area contributed by atoms with Crippen LogP contribution >= 0.6 is 15.9 Å². The van der Waals surface area contributed by atoms with Gasteiger partial charge in [0.2, 0.25) is 0 Å². The number of halogens is 3. The van der Waals surface area contributed by atoms with Gasteiger partial charge in [-0.1, -0.05) is 22.0 Å². The van der Waals surface area contributed by atoms with Crippen molar-refractivity contribution in [2.75, 3.05) is 11.9 Å². The fourth-order valence-electron chi connectivity index (χ4n) is 3.00. The Bertz CT molecular complexity index is 1060. The first-order valence-corrected chi connectivity index (χ1v) is 10.1. The van der Waals surface area contributed by atoms with Gasteiger partial charge in [0.05, 0.1) is 11.1 Å². The summed E-state index contributed by atoms with van der Waals surface area (Å²) in [7, 11) is 0. The number of rotatable bonds is 7. The number of anilines is 1. The van der Waals surface area contributed by atoms with Crippen molar-refractivity contribution in [1.82, 2.24) is 4.90 Å². The first kappa shape index (κ1) is 22.5. The Balaban J connectivity index is 1.49. The predicted molar refractivity (Wildman–Crippen MR) is 109 cm³/mol. The molecule has 31 heavy (non-hydrogen) atoms. The van der Waals surface area contributed by atoms with Gasteiger partial charge in [0, 0.05) is 17.4 Å². The van der Waals surface area contributed by atoms with Crippen LogP contribution in [-0.2, 0) is 14.3 Å². The Morgan fingerprint density at radius 2 is 1.74 bits per heavy atom. The van der Waals surface area contributed by atoms with Crippen LogP contribution in [0.2, 0.25) is 0 Å². The second-order valence-corrected chi connectivity index (χ2v) is 7.69. The minimum absolute atomic E-state index is 0.0000803. The normalized spacial score (nSPS) is 13.7. The van der Waals surface area contributed by atoms with Gasteiger partial charge in [0.15, 0.2) is 6.10 Å². The van der Waals surface area contributed by atoms with Crippen LogP contribution in [0.25, 0.3) is 0 Å². The summed E-state index contributed by atoms with van der Waals surface area (Å²) in [6.07, 6.45) is -1.34. The summed E-state index contributed by atoms with van der Waals surface area (Å²) < 4.78 is 32.9. The molecule has 1 unspecified atom stereocenters. The zero-order chi connectivity index (χ0) is 22.7. The maximum atomic E-state index is 13.6. The van der Waals surface area contributed by atoms with E-state index < -0.39 is 47.1 Å². The van der Waals surface area contributed by atoms with E-state index in [9.17, 15) is 28.0 Å². The molecule has 0 saturated carbocycles. The van der Waals surface area contributed by atoms with Gasteiger partial charge in [-0.3, -0.25) is 24.1 Å². The maximum Gasteiger partial charge on any atom is 0.306 e. The van der Waals surface area contributed by atoms with E-state index in [2.05, 4.69) is 15.9 Å². The van der Waals surface area contributed by atoms with Crippen molar-refractivity contribution in [3.63, 3.8) is 0 Å². The van der Waals surface area contributed by atoms with Gasteiger partial charge in [0.1, 0.15) is 17.3 Å². The van der Waals surface area contributed by atoms with Crippen LogP contribution in [0.5, 0.6) is 0 Å². The molecule has 0 saturated heterocycles. The summed E-state index contributed by atoms with van der Waals surface area (Å²) in [5.41, 5.74) is -0.0540. The third kappa shape index (κ3) is 4.96. The van der Waals surface area contributed by atoms with Gasteiger partial charge in [-0.2, -0.15) is 0 Å². The zero-order valence-electron chi connectivity index (χ0n) is 16.3. The highest BCUT2D eigenvalue weighted by atomic mass is 79.9. The second-order valence-electron chi connectivity index (χ2n) is 6.77. The fourth-order valence-corrected chi connectivity index (χ4v) is 3.36. The Kier molecular flexibility index (Phi) is 6.79. The molecule has 0 bridgehead atoms. The van der Waals surface area contributed by atoms with Crippen LogP contribution in [0.3, 0.4) is 0 Å². The van der Waals surface area contributed by atoms with Crippen molar-refractivity contribution in [1.29, 1.82) is 0 Å². The second kappa shape index (κ2) is 9.34. The first-order chi connectivity index (χ1) is 14.7. The van der Waals surface area contributed by atoms with Gasteiger partial charge in [0.25, 0.3) is 17.7 Å². The van der Waals surface area contributed by atoms with E-state index in [1.165, 1.54) is 6.92 Å². The van der Waals surface area contributed by atoms with Crippen molar-refractivity contribution in [3.8, 4) is 0 Å². The molecule has 0 aliphatic carbocycles. The Hall–Kier alpha value is -3.14. The van der Waals surface area contributed by atoms with Crippen molar-refractivity contribution in [2.45, 2.75) is 25.9 Å². The molecule has 0 spiro atoms. The predicted octanol–water partition coefficient (Wildman–Crippen LogP) is 3.67. The Labute approximate surface area is 184 Å². The number of carbonyl (C=O) groups excluding carboxylic acids is 4. The lowest BCUT2D eigenvalue weighted by atomic mass is 10.1. The number of hydrogen-bond donors (Lipinski definition) is 1. The molecular formula is C21H17BrF2N2O5. The van der Waals surface area contributed by atoms with E-state index in [0.717, 1.165) is 23.1 Å². The smallest absolute Gasteiger partial charge is 0.306 e. The summed E-state index contributed by atoms with van der Waals surface area (Å²) in [6.45, 7) is 1.26. The number of esters is 1. The van der Waals surface area contributed by atoms with Gasteiger partial charge in [-0.05, 0) is 43.7 Å². The molecule has 0 aromatic heterocycles. The van der Waals surface area contributed by atoms with Gasteiger partial charge >= 0.3 is 5.97 Å². The molecule has 1 N–H and O–H groups in total. The average molecular weight is 495 g/mol. The van der Waals surface area contributed by atoms with Gasteiger partial charge < -0.3 is 10.1 Å². The van der Waals surface area contributed by atoms with Crippen LogP contribution in [0.15, 0.2) is 40.9 Å². The number of carbonyl (C=O) groups is 4. The molecule has 1 atom stereocenters. The average Bonchev–Trinajstić information content (AvgIpc) is 2.94. The lowest BCUT2D eigenvalue weighted by Gasteiger charge is -2.15. The highest BCUT2D eigenvalue weighted by Gasteiger charge is 2.35. The van der Waals surface area contributed by atoms with E-state index in [1.807, 2.05) is 5.32 Å². The van der Waals surface area contributed by atoms with Crippen LogP contribution in [0.4, 0.5) is 14.5 Å². The van der Waals surface area contributed by atoms with E-state index >= 15 is 0 Å². The number of fused-ring (bicyclic) bond motifs is 1. The topological polar surface area (TPSA) is 92.8 Å². The lowest BCUT2D eigenvalue weighted by Crippen LogP contribution is -2.32. The molecule has 1 aliphatic heterocycles. The summed E-state index contributed by atoms with van der Waals surface area (Å²) in [6, 6.07) is 7.87. The number of nitrogens with one attached hydrogen (secondary N) is 1. The summed E-state index contributed by atoms with van der Waals surface area (Å²) in [4.78, 5) is 49.8. The number of nitrogens with zero attached hydrogens (tertiary/aromatic N) is 1. The molecule has 7 nitrogen and oxygen atoms in total. The molecule has 3 rings (SSSR count). The van der Waals surface area contributed by atoms with Crippen molar-refractivity contribution in [3.05, 3.63) is 63.6 Å². The first-order valence-electron chi connectivity index (χ1n) is 9.29. The third-order valence-electron chi connectivity index (χ3n) is 4.58. The summed E-state index contributed by atoms with van der Waals surface area (Å²) in [5.74, 6) is -4.46. The fraction of sp³-hybridized carbons (Fsp3) is 0.238. The highest BCUT2D eigenvalue weighted by Crippen LogP contribution is 2.26. The highest BCUT2D eigenvalue weighted by molar-refractivity contribution is 9.10. The molecular weight excluding hydrogens is 478 g/mol. The largest absolute Gasteiger partial charge is 0.453 e. The molecule has 10 heteroatoms. The molecule has 0 fully saturated rings. The molecule has 2 aromatic carbocycles. The van der Waals surface area contributed by atoms with Crippen LogP contribution in [0, 0.1) is 11.6 Å². The standard InChI is InChI=1S/C21H17BrF2N2O5/c1-11(19(28)25-18-15(23)4-2-5-16(18)24)31-17(27)6-3-9-26-20(29)13-8-7-12(22)10-14(13)21(26)30/h2,4-5,7-8,10-11H,3,6,9H2,1H3,(H,25,28). The van der Waals surface area contributed by atoms with Crippen LogP contribution < -0.4 is 5.32 Å². The van der Waals surface area contributed by atoms with Crippen molar-refractivity contribution in [2.24, 2.45) is 0 Å². The molecule has 1 aliphatic rings. The molecule has 3 amide bonds. The summed E-state index contributed by atoms with van der Waals surface area (Å²) in [5, 5.41) is 2.04. The molecule has 162 valence electrons. The lowest BCUT2D eigenvalue weighted by molar-refractivity contribution is -0.153. The minimum Gasteiger partial charge on any atom is -0.453 e. The number of imide groups is 1. The summed E-state index contributed by atoms with van der Waals surface area (Å²) >= 11 is 3.25. The van der Waals surface area contributed by atoms with Gasteiger partial charge in [-0.15, -0.1) is 0 Å². The molecule has 2 aromatic rings. The quantitative estimate of drug-likeness (QED) is 0.468. The number of benzene rings is 2. The monoisotopic (exact) mass is 494 g/mol. The number of amides is 3. The number of ether oxygens (including phenoxy) is 1. The van der Waals surface area contributed by atoms with E-state index in [-0.39, 0.29) is 24.9 Å². The van der Waals surface area contributed by atoms with E-state index in [0.29, 0.717) is 10.0 Å². The minimum atomic E-state index is -1.30. The molecule has 1 heterocycles. The Morgan fingerprint density at radius 3 is 2.42 bits per heavy atom. The SMILES string of the molecule is CC(OC(=O)CCCN1C(=O)c2ccc(Br)cc2C1=O)C(=O)Nc1c(F)cccc1F. The molecule has 0 radical (unpaired) electrons. The van der Waals surface area contributed by atoms with Crippen molar-refractivity contribution < 1.29 is 32.7 Å². The Morgan fingerprint density at radius 1 is 1.10 bits per heavy atom. The maximum absolute atomic E-state index is 13.6. The zero-order valence-corrected chi connectivity index (χ0v) is 17.9. The van der Waals surface area contributed by atoms with E-state index in [1.54, 1.807) is 18.2 Å². The number of para-hydroxylation sites is 1.